The van der Waals surface area contributed by atoms with Gasteiger partial charge >= 0.3 is 0 Å². The number of aliphatic hydroxyl groups is 1. The summed E-state index contributed by atoms with van der Waals surface area (Å²) in [5.41, 5.74) is 1.82. The number of benzene rings is 3. The van der Waals surface area contributed by atoms with Gasteiger partial charge in [-0.05, 0) is 79.2 Å². The van der Waals surface area contributed by atoms with Gasteiger partial charge in [0.25, 0.3) is 5.91 Å². The van der Waals surface area contributed by atoms with Crippen LogP contribution in [0, 0.1) is 17.7 Å². The van der Waals surface area contributed by atoms with E-state index in [-0.39, 0.29) is 29.5 Å². The summed E-state index contributed by atoms with van der Waals surface area (Å²) < 4.78 is 13.3. The number of hydrogen-bond acceptors (Lipinski definition) is 4. The minimum atomic E-state index is -1.16. The summed E-state index contributed by atoms with van der Waals surface area (Å²) in [6.07, 6.45) is 0.781. The Morgan fingerprint density at radius 3 is 2.45 bits per heavy atom. The van der Waals surface area contributed by atoms with Crippen LogP contribution in [0.1, 0.15) is 41.6 Å². The second-order valence-electron chi connectivity index (χ2n) is 10.6. The van der Waals surface area contributed by atoms with Crippen LogP contribution in [0.2, 0.25) is 0 Å². The van der Waals surface area contributed by atoms with E-state index >= 15 is 0 Å². The van der Waals surface area contributed by atoms with Gasteiger partial charge in [-0.2, -0.15) is 0 Å². The molecule has 38 heavy (non-hydrogen) atoms. The Kier molecular flexibility index (Phi) is 8.05. The summed E-state index contributed by atoms with van der Waals surface area (Å²) in [4.78, 5) is 30.5. The Morgan fingerprint density at radius 1 is 1.00 bits per heavy atom. The van der Waals surface area contributed by atoms with Crippen LogP contribution in [0.3, 0.4) is 0 Å². The number of nitrogens with one attached hydrogen (secondary N) is 1. The molecule has 0 aromatic heterocycles. The molecule has 3 aromatic carbocycles. The van der Waals surface area contributed by atoms with Crippen LogP contribution >= 0.6 is 0 Å². The van der Waals surface area contributed by atoms with Crippen molar-refractivity contribution in [3.63, 3.8) is 0 Å². The Morgan fingerprint density at radius 2 is 1.71 bits per heavy atom. The van der Waals surface area contributed by atoms with E-state index in [9.17, 15) is 19.1 Å². The molecule has 2 N–H and O–H groups in total. The van der Waals surface area contributed by atoms with Crippen molar-refractivity contribution in [3.8, 4) is 0 Å². The first-order valence-corrected chi connectivity index (χ1v) is 13.6. The number of piperidine rings is 1. The van der Waals surface area contributed by atoms with Crippen molar-refractivity contribution < 1.29 is 19.1 Å². The molecule has 2 fully saturated rings. The molecule has 2 aliphatic rings. The molecule has 2 heterocycles. The predicted molar refractivity (Wildman–Crippen MR) is 146 cm³/mol. The number of likely N-dealkylation sites (tertiary alicyclic amines) is 2. The number of carbonyl (C=O) groups is 2. The van der Waals surface area contributed by atoms with E-state index in [1.54, 1.807) is 0 Å². The SMILES string of the molecule is CCNC(=O)C(O)C1CN(C(=O)c2cccc3ccccc23)CC1CN1CCC(c2ccc(F)cc2)CC1. The summed E-state index contributed by atoms with van der Waals surface area (Å²) in [5, 5.41) is 15.7. The van der Waals surface area contributed by atoms with Crippen LogP contribution in [0.15, 0.2) is 66.7 Å². The molecule has 7 heteroatoms. The fourth-order valence-corrected chi connectivity index (χ4v) is 6.18. The van der Waals surface area contributed by atoms with E-state index in [2.05, 4.69) is 10.2 Å². The van der Waals surface area contributed by atoms with Gasteiger partial charge in [0.15, 0.2) is 0 Å². The summed E-state index contributed by atoms with van der Waals surface area (Å²) in [7, 11) is 0. The molecule has 200 valence electrons. The molecule has 3 atom stereocenters. The smallest absolute Gasteiger partial charge is 0.254 e. The summed E-state index contributed by atoms with van der Waals surface area (Å²) >= 11 is 0. The highest BCUT2D eigenvalue weighted by Gasteiger charge is 2.43. The minimum absolute atomic E-state index is 0.0195. The maximum absolute atomic E-state index is 13.7. The van der Waals surface area contributed by atoms with Gasteiger partial charge in [0, 0.05) is 37.7 Å². The fourth-order valence-electron chi connectivity index (χ4n) is 6.18. The molecule has 0 saturated carbocycles. The van der Waals surface area contributed by atoms with Gasteiger partial charge in [0.1, 0.15) is 11.9 Å². The number of rotatable bonds is 7. The quantitative estimate of drug-likeness (QED) is 0.496. The highest BCUT2D eigenvalue weighted by molar-refractivity contribution is 6.07. The topological polar surface area (TPSA) is 72.9 Å². The van der Waals surface area contributed by atoms with E-state index in [0.717, 1.165) is 43.2 Å². The van der Waals surface area contributed by atoms with Crippen LogP contribution in [-0.2, 0) is 4.79 Å². The van der Waals surface area contributed by atoms with Crippen molar-refractivity contribution in [3.05, 3.63) is 83.7 Å². The predicted octanol–water partition coefficient (Wildman–Crippen LogP) is 4.04. The third-order valence-electron chi connectivity index (χ3n) is 8.25. The van der Waals surface area contributed by atoms with Crippen molar-refractivity contribution in [1.29, 1.82) is 0 Å². The normalized spacial score (nSPS) is 21.5. The second-order valence-corrected chi connectivity index (χ2v) is 10.6. The average Bonchev–Trinajstić information content (AvgIpc) is 3.36. The van der Waals surface area contributed by atoms with Gasteiger partial charge < -0.3 is 20.2 Å². The lowest BCUT2D eigenvalue weighted by Crippen LogP contribution is -2.45. The summed E-state index contributed by atoms with van der Waals surface area (Å²) in [6, 6.07) is 20.4. The van der Waals surface area contributed by atoms with Gasteiger partial charge in [-0.25, -0.2) is 4.39 Å². The molecule has 0 aliphatic carbocycles. The standard InChI is InChI=1S/C31H36FN3O3/c1-2-33-30(37)29(36)28-20-35(31(38)27-9-5-7-23-6-3-4-8-26(23)27)19-24(28)18-34-16-14-22(15-17-34)21-10-12-25(32)13-11-21/h3-13,22,24,28-29,36H,2,14-20H2,1H3,(H,33,37). The zero-order valence-corrected chi connectivity index (χ0v) is 21.9. The van der Waals surface area contributed by atoms with Crippen molar-refractivity contribution in [2.24, 2.45) is 11.8 Å². The van der Waals surface area contributed by atoms with Gasteiger partial charge in [-0.15, -0.1) is 0 Å². The van der Waals surface area contributed by atoms with Crippen molar-refractivity contribution in [2.75, 3.05) is 39.3 Å². The van der Waals surface area contributed by atoms with Crippen LogP contribution < -0.4 is 5.32 Å². The molecule has 3 aromatic rings. The molecule has 0 bridgehead atoms. The molecule has 2 amide bonds. The van der Waals surface area contributed by atoms with Crippen LogP contribution in [0.25, 0.3) is 10.8 Å². The van der Waals surface area contributed by atoms with Crippen molar-refractivity contribution in [2.45, 2.75) is 31.8 Å². The Labute approximate surface area is 223 Å². The van der Waals surface area contributed by atoms with Crippen LogP contribution in [-0.4, -0.2) is 72.1 Å². The first-order chi connectivity index (χ1) is 18.4. The molecule has 6 nitrogen and oxygen atoms in total. The average molecular weight is 518 g/mol. The van der Waals surface area contributed by atoms with Crippen LogP contribution in [0.5, 0.6) is 0 Å². The summed E-state index contributed by atoms with van der Waals surface area (Å²) in [5.74, 6) is -0.614. The molecule has 2 aliphatic heterocycles. The molecule has 0 radical (unpaired) electrons. The fraction of sp³-hybridized carbons (Fsp3) is 0.419. The molecule has 5 rings (SSSR count). The number of halogens is 1. The largest absolute Gasteiger partial charge is 0.383 e. The van der Waals surface area contributed by atoms with Gasteiger partial charge in [-0.3, -0.25) is 9.59 Å². The molecular weight excluding hydrogens is 481 g/mol. The van der Waals surface area contributed by atoms with Gasteiger partial charge in [0.05, 0.1) is 0 Å². The highest BCUT2D eigenvalue weighted by atomic mass is 19.1. The molecule has 0 spiro atoms. The first kappa shape index (κ1) is 26.3. The number of aliphatic hydroxyl groups excluding tert-OH is 1. The van der Waals surface area contributed by atoms with Crippen molar-refractivity contribution in [1.82, 2.24) is 15.1 Å². The Hall–Kier alpha value is -3.29. The molecule has 2 saturated heterocycles. The third kappa shape index (κ3) is 5.59. The zero-order chi connectivity index (χ0) is 26.6. The van der Waals surface area contributed by atoms with Crippen LogP contribution in [0.4, 0.5) is 4.39 Å². The lowest BCUT2D eigenvalue weighted by molar-refractivity contribution is -0.132. The Balaban J connectivity index is 1.30. The zero-order valence-electron chi connectivity index (χ0n) is 21.9. The number of fused-ring (bicyclic) bond motifs is 1. The first-order valence-electron chi connectivity index (χ1n) is 13.6. The number of nitrogens with zero attached hydrogens (tertiary/aromatic N) is 2. The number of carbonyl (C=O) groups excluding carboxylic acids is 2. The summed E-state index contributed by atoms with van der Waals surface area (Å²) in [6.45, 7) is 5.62. The van der Waals surface area contributed by atoms with Gasteiger partial charge in [-0.1, -0.05) is 48.5 Å². The third-order valence-corrected chi connectivity index (χ3v) is 8.25. The van der Waals surface area contributed by atoms with E-state index < -0.39 is 6.10 Å². The lowest BCUT2D eigenvalue weighted by atomic mass is 9.87. The van der Waals surface area contributed by atoms with E-state index in [0.29, 0.717) is 31.1 Å². The monoisotopic (exact) mass is 517 g/mol. The Bertz CT molecular complexity index is 1270. The van der Waals surface area contributed by atoms with E-state index in [1.807, 2.05) is 66.4 Å². The number of amides is 2. The minimum Gasteiger partial charge on any atom is -0.383 e. The van der Waals surface area contributed by atoms with Crippen molar-refractivity contribution >= 4 is 22.6 Å². The molecule has 3 unspecified atom stereocenters. The second kappa shape index (κ2) is 11.6. The number of likely N-dealkylation sites (N-methyl/N-ethyl adjacent to an activating group) is 1. The maximum atomic E-state index is 13.7. The highest BCUT2D eigenvalue weighted by Crippen LogP contribution is 2.33. The number of hydrogen-bond donors (Lipinski definition) is 2. The maximum Gasteiger partial charge on any atom is 0.254 e. The van der Waals surface area contributed by atoms with E-state index in [1.165, 1.54) is 17.7 Å². The lowest BCUT2D eigenvalue weighted by Gasteiger charge is -2.35. The molecular formula is C31H36FN3O3. The van der Waals surface area contributed by atoms with Gasteiger partial charge in [0.2, 0.25) is 5.91 Å². The van der Waals surface area contributed by atoms with E-state index in [4.69, 9.17) is 0 Å².